The number of hydrogen-bond acceptors (Lipinski definition) is 3. The molecule has 2 amide bonds. The summed E-state index contributed by atoms with van der Waals surface area (Å²) >= 11 is 0. The number of carbonyl (C=O) groups is 2. The Kier molecular flexibility index (Phi) is 5.21. The van der Waals surface area contributed by atoms with Gasteiger partial charge in [0.05, 0.1) is 0 Å². The molecule has 1 fully saturated rings. The van der Waals surface area contributed by atoms with Crippen LogP contribution in [-0.2, 0) is 4.79 Å². The highest BCUT2D eigenvalue weighted by Crippen LogP contribution is 2.22. The van der Waals surface area contributed by atoms with Gasteiger partial charge < -0.3 is 20.4 Å². The Bertz CT molecular complexity index is 277. The minimum absolute atomic E-state index is 0.0274. The molecule has 0 heterocycles. The molecule has 1 saturated carbocycles. The molecule has 0 bridgehead atoms. The molecule has 3 N–H and O–H groups in total. The van der Waals surface area contributed by atoms with Crippen molar-refractivity contribution in [3.8, 4) is 0 Å². The summed E-state index contributed by atoms with van der Waals surface area (Å²) < 4.78 is 0. The van der Waals surface area contributed by atoms with Crippen molar-refractivity contribution in [1.82, 2.24) is 10.2 Å². The molecule has 1 aliphatic carbocycles. The molecule has 0 unspecified atom stereocenters. The van der Waals surface area contributed by atoms with Gasteiger partial charge in [0.2, 0.25) is 0 Å². The van der Waals surface area contributed by atoms with Gasteiger partial charge in [-0.05, 0) is 12.8 Å². The summed E-state index contributed by atoms with van der Waals surface area (Å²) in [5.41, 5.74) is 0. The van der Waals surface area contributed by atoms with E-state index in [1.807, 2.05) is 0 Å². The van der Waals surface area contributed by atoms with E-state index in [0.29, 0.717) is 0 Å². The second-order valence-corrected chi connectivity index (χ2v) is 4.40. The number of carboxylic acids is 1. The van der Waals surface area contributed by atoms with Crippen molar-refractivity contribution in [2.75, 3.05) is 13.7 Å². The van der Waals surface area contributed by atoms with Gasteiger partial charge in [-0.3, -0.25) is 0 Å². The van der Waals surface area contributed by atoms with Crippen molar-refractivity contribution in [2.24, 2.45) is 0 Å². The van der Waals surface area contributed by atoms with E-state index >= 15 is 0 Å². The summed E-state index contributed by atoms with van der Waals surface area (Å²) in [7, 11) is 1.68. The summed E-state index contributed by atoms with van der Waals surface area (Å²) in [6.45, 7) is -0.260. The fraction of sp³-hybridized carbons (Fsp3) is 0.818. The van der Waals surface area contributed by atoms with Gasteiger partial charge in [-0.25, -0.2) is 9.59 Å². The van der Waals surface area contributed by atoms with Crippen LogP contribution in [0.25, 0.3) is 0 Å². The van der Waals surface area contributed by atoms with Crippen molar-refractivity contribution >= 4 is 12.0 Å². The molecule has 0 saturated heterocycles. The SMILES string of the molecule is CN(C(=O)N[C@@H](CCO)C(=O)O)C1CCCC1. The summed E-state index contributed by atoms with van der Waals surface area (Å²) in [6.07, 6.45) is 4.20. The maximum absolute atomic E-state index is 11.8. The van der Waals surface area contributed by atoms with E-state index in [1.54, 1.807) is 11.9 Å². The molecule has 0 aliphatic heterocycles. The first-order valence-electron chi connectivity index (χ1n) is 5.93. The van der Waals surface area contributed by atoms with Crippen LogP contribution < -0.4 is 5.32 Å². The number of aliphatic carboxylic acids is 1. The van der Waals surface area contributed by atoms with Gasteiger partial charge in [-0.1, -0.05) is 12.8 Å². The predicted octanol–water partition coefficient (Wildman–Crippen LogP) is 0.406. The van der Waals surface area contributed by atoms with E-state index in [2.05, 4.69) is 5.32 Å². The molecular weight excluding hydrogens is 224 g/mol. The van der Waals surface area contributed by atoms with Gasteiger partial charge in [0.1, 0.15) is 6.04 Å². The zero-order chi connectivity index (χ0) is 12.8. The lowest BCUT2D eigenvalue weighted by molar-refractivity contribution is -0.139. The summed E-state index contributed by atoms with van der Waals surface area (Å²) in [6, 6.07) is -1.19. The van der Waals surface area contributed by atoms with Crippen LogP contribution in [0, 0.1) is 0 Å². The van der Waals surface area contributed by atoms with E-state index in [0.717, 1.165) is 25.7 Å². The molecular formula is C11H20N2O4. The lowest BCUT2D eigenvalue weighted by Crippen LogP contribution is -2.49. The highest BCUT2D eigenvalue weighted by atomic mass is 16.4. The Morgan fingerprint density at radius 2 is 2.00 bits per heavy atom. The maximum atomic E-state index is 11.8. The lowest BCUT2D eigenvalue weighted by atomic mass is 10.2. The van der Waals surface area contributed by atoms with Crippen LogP contribution in [0.4, 0.5) is 4.79 Å². The fourth-order valence-electron chi connectivity index (χ4n) is 2.09. The van der Waals surface area contributed by atoms with Gasteiger partial charge in [0.15, 0.2) is 0 Å². The molecule has 0 spiro atoms. The summed E-state index contributed by atoms with van der Waals surface area (Å²) in [5, 5.41) is 20.0. The first-order chi connectivity index (χ1) is 8.06. The number of nitrogens with one attached hydrogen (secondary N) is 1. The van der Waals surface area contributed by atoms with Crippen LogP contribution in [0.2, 0.25) is 0 Å². The number of carbonyl (C=O) groups excluding carboxylic acids is 1. The zero-order valence-corrected chi connectivity index (χ0v) is 10.1. The molecule has 6 nitrogen and oxygen atoms in total. The van der Waals surface area contributed by atoms with Gasteiger partial charge in [0.25, 0.3) is 0 Å². The highest BCUT2D eigenvalue weighted by Gasteiger charge is 2.26. The van der Waals surface area contributed by atoms with Gasteiger partial charge in [-0.15, -0.1) is 0 Å². The van der Waals surface area contributed by atoms with E-state index < -0.39 is 12.0 Å². The zero-order valence-electron chi connectivity index (χ0n) is 10.1. The van der Waals surface area contributed by atoms with E-state index in [1.165, 1.54) is 0 Å². The van der Waals surface area contributed by atoms with Crippen LogP contribution >= 0.6 is 0 Å². The van der Waals surface area contributed by atoms with Crippen LogP contribution in [0.5, 0.6) is 0 Å². The molecule has 17 heavy (non-hydrogen) atoms. The smallest absolute Gasteiger partial charge is 0.326 e. The topological polar surface area (TPSA) is 89.9 Å². The van der Waals surface area contributed by atoms with Crippen molar-refractivity contribution < 1.29 is 19.8 Å². The Morgan fingerprint density at radius 3 is 2.47 bits per heavy atom. The summed E-state index contributed by atoms with van der Waals surface area (Å²) in [4.78, 5) is 24.2. The minimum atomic E-state index is -1.12. The number of amides is 2. The molecule has 98 valence electrons. The van der Waals surface area contributed by atoms with Crippen molar-refractivity contribution in [3.05, 3.63) is 0 Å². The standard InChI is InChI=1S/C11H20N2O4/c1-13(8-4-2-3-5-8)11(17)12-9(6-7-14)10(15)16/h8-9,14H,2-7H2,1H3,(H,12,17)(H,15,16)/t9-/m0/s1. The average molecular weight is 244 g/mol. The number of urea groups is 1. The Balaban J connectivity index is 2.47. The Morgan fingerprint density at radius 1 is 1.41 bits per heavy atom. The monoisotopic (exact) mass is 244 g/mol. The van der Waals surface area contributed by atoms with E-state index in [-0.39, 0.29) is 25.1 Å². The molecule has 1 aliphatic rings. The van der Waals surface area contributed by atoms with Crippen LogP contribution in [-0.4, -0.2) is 52.9 Å². The van der Waals surface area contributed by atoms with Gasteiger partial charge >= 0.3 is 12.0 Å². The quantitative estimate of drug-likeness (QED) is 0.653. The van der Waals surface area contributed by atoms with Crippen molar-refractivity contribution in [1.29, 1.82) is 0 Å². The van der Waals surface area contributed by atoms with E-state index in [4.69, 9.17) is 10.2 Å². The van der Waals surface area contributed by atoms with Crippen LogP contribution in [0.3, 0.4) is 0 Å². The van der Waals surface area contributed by atoms with E-state index in [9.17, 15) is 9.59 Å². The van der Waals surface area contributed by atoms with Crippen LogP contribution in [0.15, 0.2) is 0 Å². The second-order valence-electron chi connectivity index (χ2n) is 4.40. The highest BCUT2D eigenvalue weighted by molar-refractivity contribution is 5.82. The molecule has 0 aromatic heterocycles. The summed E-state index contributed by atoms with van der Waals surface area (Å²) in [5.74, 6) is -1.12. The van der Waals surface area contributed by atoms with Gasteiger partial charge in [-0.2, -0.15) is 0 Å². The number of nitrogens with zero attached hydrogens (tertiary/aromatic N) is 1. The molecule has 1 rings (SSSR count). The third-order valence-corrected chi connectivity index (χ3v) is 3.21. The maximum Gasteiger partial charge on any atom is 0.326 e. The molecule has 6 heteroatoms. The molecule has 1 atom stereocenters. The average Bonchev–Trinajstić information content (AvgIpc) is 2.80. The first-order valence-corrected chi connectivity index (χ1v) is 5.93. The Labute approximate surface area is 101 Å². The lowest BCUT2D eigenvalue weighted by Gasteiger charge is -2.26. The number of rotatable bonds is 5. The molecule has 0 aromatic carbocycles. The van der Waals surface area contributed by atoms with Crippen molar-refractivity contribution in [2.45, 2.75) is 44.2 Å². The molecule has 0 aromatic rings. The first kappa shape index (κ1) is 13.8. The normalized spacial score (nSPS) is 17.8. The third kappa shape index (κ3) is 3.89. The largest absolute Gasteiger partial charge is 0.480 e. The Hall–Kier alpha value is -1.30. The second kappa shape index (κ2) is 6.44. The van der Waals surface area contributed by atoms with Crippen molar-refractivity contribution in [3.63, 3.8) is 0 Å². The predicted molar refractivity (Wildman–Crippen MR) is 61.7 cm³/mol. The van der Waals surface area contributed by atoms with Crippen LogP contribution in [0.1, 0.15) is 32.1 Å². The number of aliphatic hydroxyl groups is 1. The fourth-order valence-corrected chi connectivity index (χ4v) is 2.09. The number of carboxylic acid groups (broad SMARTS) is 1. The third-order valence-electron chi connectivity index (χ3n) is 3.21. The molecule has 0 radical (unpaired) electrons. The van der Waals surface area contributed by atoms with Gasteiger partial charge in [0, 0.05) is 26.1 Å². The number of aliphatic hydroxyl groups excluding tert-OH is 1. The number of hydrogen-bond donors (Lipinski definition) is 3. The minimum Gasteiger partial charge on any atom is -0.480 e.